The Morgan fingerprint density at radius 3 is 2.43 bits per heavy atom. The molecule has 5 aromatic rings. The molecule has 1 heterocycles. The van der Waals surface area contributed by atoms with E-state index in [1.54, 1.807) is 0 Å². The molecule has 0 unspecified atom stereocenters. The number of nitrogens with zero attached hydrogens (tertiary/aromatic N) is 2. The molecule has 0 aliphatic rings. The van der Waals surface area contributed by atoms with Crippen molar-refractivity contribution in [3.63, 3.8) is 0 Å². The van der Waals surface area contributed by atoms with Crippen molar-refractivity contribution in [2.45, 2.75) is 6.54 Å². The summed E-state index contributed by atoms with van der Waals surface area (Å²) in [7, 11) is 0. The van der Waals surface area contributed by atoms with Crippen LogP contribution in [0.1, 0.15) is 5.56 Å². The fraction of sp³-hybridized carbons (Fsp3) is 0.0417. The van der Waals surface area contributed by atoms with Gasteiger partial charge in [-0.15, -0.1) is 0 Å². The number of para-hydroxylation sites is 2. The number of halogens is 2. The number of rotatable bonds is 3. The van der Waals surface area contributed by atoms with Gasteiger partial charge in [-0.1, -0.05) is 48.5 Å². The zero-order chi connectivity index (χ0) is 19.1. The molecule has 4 heteroatoms. The summed E-state index contributed by atoms with van der Waals surface area (Å²) in [5.41, 5.74) is 2.87. The van der Waals surface area contributed by atoms with Crippen LogP contribution in [0, 0.1) is 11.6 Å². The number of benzene rings is 4. The Kier molecular flexibility index (Phi) is 3.90. The highest BCUT2D eigenvalue weighted by Gasteiger charge is 2.17. The fourth-order valence-electron chi connectivity index (χ4n) is 3.63. The zero-order valence-electron chi connectivity index (χ0n) is 14.9. The van der Waals surface area contributed by atoms with Gasteiger partial charge in [0, 0.05) is 6.54 Å². The lowest BCUT2D eigenvalue weighted by Crippen LogP contribution is -2.03. The summed E-state index contributed by atoms with van der Waals surface area (Å²) >= 11 is 0. The number of hydrogen-bond donors (Lipinski definition) is 0. The van der Waals surface area contributed by atoms with E-state index in [1.807, 2.05) is 41.0 Å². The van der Waals surface area contributed by atoms with Gasteiger partial charge in [0.2, 0.25) is 0 Å². The summed E-state index contributed by atoms with van der Waals surface area (Å²) in [6.45, 7) is 0.511. The van der Waals surface area contributed by atoms with Gasteiger partial charge in [0.05, 0.1) is 16.6 Å². The van der Waals surface area contributed by atoms with E-state index in [1.165, 1.54) is 6.07 Å². The molecular formula is C24H16F2N2. The molecule has 0 saturated carbocycles. The van der Waals surface area contributed by atoms with Gasteiger partial charge in [-0.25, -0.2) is 13.8 Å². The SMILES string of the molecule is Fc1ccc(F)c(-c2nc3ccccc3n2Cc2ccc3ccccc3c2)c1. The van der Waals surface area contributed by atoms with Gasteiger partial charge in [0.15, 0.2) is 0 Å². The maximum absolute atomic E-state index is 14.5. The predicted octanol–water partition coefficient (Wildman–Crippen LogP) is 6.18. The molecule has 0 radical (unpaired) electrons. The molecular weight excluding hydrogens is 354 g/mol. The minimum atomic E-state index is -0.489. The molecule has 0 N–H and O–H groups in total. The molecule has 0 aliphatic carbocycles. The highest BCUT2D eigenvalue weighted by atomic mass is 19.1. The summed E-state index contributed by atoms with van der Waals surface area (Å²) in [5, 5.41) is 2.31. The summed E-state index contributed by atoms with van der Waals surface area (Å²) in [6, 6.07) is 25.5. The fourth-order valence-corrected chi connectivity index (χ4v) is 3.63. The van der Waals surface area contributed by atoms with E-state index >= 15 is 0 Å². The van der Waals surface area contributed by atoms with Crippen LogP contribution in [0.5, 0.6) is 0 Å². The topological polar surface area (TPSA) is 17.8 Å². The average molecular weight is 370 g/mol. The molecule has 0 bridgehead atoms. The van der Waals surface area contributed by atoms with E-state index in [0.29, 0.717) is 12.4 Å². The summed E-state index contributed by atoms with van der Waals surface area (Å²) in [6.07, 6.45) is 0. The van der Waals surface area contributed by atoms with E-state index < -0.39 is 11.6 Å². The number of imidazole rings is 1. The van der Waals surface area contributed by atoms with Gasteiger partial charge in [0.25, 0.3) is 0 Å². The van der Waals surface area contributed by atoms with Gasteiger partial charge < -0.3 is 4.57 Å². The Labute approximate surface area is 160 Å². The highest BCUT2D eigenvalue weighted by molar-refractivity contribution is 5.84. The maximum atomic E-state index is 14.5. The molecule has 0 aliphatic heterocycles. The van der Waals surface area contributed by atoms with Crippen LogP contribution in [0.3, 0.4) is 0 Å². The van der Waals surface area contributed by atoms with E-state index in [-0.39, 0.29) is 5.56 Å². The Bertz CT molecular complexity index is 1320. The highest BCUT2D eigenvalue weighted by Crippen LogP contribution is 2.29. The van der Waals surface area contributed by atoms with Crippen molar-refractivity contribution in [3.05, 3.63) is 102 Å². The van der Waals surface area contributed by atoms with Gasteiger partial charge in [-0.05, 0) is 52.7 Å². The quantitative estimate of drug-likeness (QED) is 0.371. The smallest absolute Gasteiger partial charge is 0.144 e. The van der Waals surface area contributed by atoms with Gasteiger partial charge in [0.1, 0.15) is 17.5 Å². The molecule has 28 heavy (non-hydrogen) atoms. The third-order valence-corrected chi connectivity index (χ3v) is 4.98. The van der Waals surface area contributed by atoms with E-state index in [9.17, 15) is 8.78 Å². The van der Waals surface area contributed by atoms with Crippen LogP contribution in [0.25, 0.3) is 33.2 Å². The molecule has 0 fully saturated rings. The Hall–Kier alpha value is -3.53. The largest absolute Gasteiger partial charge is 0.319 e. The molecule has 5 rings (SSSR count). The number of fused-ring (bicyclic) bond motifs is 2. The van der Waals surface area contributed by atoms with Crippen molar-refractivity contribution in [1.29, 1.82) is 0 Å². The summed E-state index contributed by atoms with van der Waals surface area (Å²) in [5.74, 6) is -0.552. The lowest BCUT2D eigenvalue weighted by molar-refractivity contribution is 0.601. The molecule has 0 amide bonds. The standard InChI is InChI=1S/C24H16F2N2/c25-19-11-12-21(26)20(14-19)24-27-22-7-3-4-8-23(22)28(24)15-16-9-10-17-5-1-2-6-18(17)13-16/h1-14H,15H2. The predicted molar refractivity (Wildman–Crippen MR) is 108 cm³/mol. The minimum Gasteiger partial charge on any atom is -0.319 e. The number of hydrogen-bond acceptors (Lipinski definition) is 1. The monoisotopic (exact) mass is 370 g/mol. The van der Waals surface area contributed by atoms with Crippen LogP contribution >= 0.6 is 0 Å². The molecule has 4 aromatic carbocycles. The van der Waals surface area contributed by atoms with Crippen LogP contribution in [0.15, 0.2) is 84.9 Å². The molecule has 1 aromatic heterocycles. The first-order chi connectivity index (χ1) is 13.7. The van der Waals surface area contributed by atoms with Gasteiger partial charge >= 0.3 is 0 Å². The van der Waals surface area contributed by atoms with Gasteiger partial charge in [-0.3, -0.25) is 0 Å². The number of aromatic nitrogens is 2. The first-order valence-corrected chi connectivity index (χ1v) is 9.07. The Balaban J connectivity index is 1.70. The first kappa shape index (κ1) is 16.6. The molecule has 0 saturated heterocycles. The Morgan fingerprint density at radius 2 is 1.54 bits per heavy atom. The van der Waals surface area contributed by atoms with Crippen LogP contribution in [0.4, 0.5) is 8.78 Å². The average Bonchev–Trinajstić information content (AvgIpc) is 3.08. The second-order valence-corrected chi connectivity index (χ2v) is 6.82. The van der Waals surface area contributed by atoms with E-state index in [4.69, 9.17) is 0 Å². The second-order valence-electron chi connectivity index (χ2n) is 6.82. The molecule has 2 nitrogen and oxygen atoms in total. The van der Waals surface area contributed by atoms with Crippen LogP contribution < -0.4 is 0 Å². The second kappa shape index (κ2) is 6.57. The first-order valence-electron chi connectivity index (χ1n) is 9.07. The lowest BCUT2D eigenvalue weighted by Gasteiger charge is -2.11. The summed E-state index contributed by atoms with van der Waals surface area (Å²) < 4.78 is 30.3. The van der Waals surface area contributed by atoms with Gasteiger partial charge in [-0.2, -0.15) is 0 Å². The molecule has 136 valence electrons. The van der Waals surface area contributed by atoms with Crippen molar-refractivity contribution < 1.29 is 8.78 Å². The van der Waals surface area contributed by atoms with Crippen molar-refractivity contribution in [3.8, 4) is 11.4 Å². The molecule has 0 spiro atoms. The van der Waals surface area contributed by atoms with Crippen molar-refractivity contribution in [1.82, 2.24) is 9.55 Å². The summed E-state index contributed by atoms with van der Waals surface area (Å²) in [4.78, 5) is 4.60. The minimum absolute atomic E-state index is 0.164. The maximum Gasteiger partial charge on any atom is 0.144 e. The van der Waals surface area contributed by atoms with Crippen molar-refractivity contribution in [2.24, 2.45) is 0 Å². The lowest BCUT2D eigenvalue weighted by atomic mass is 10.1. The molecule has 0 atom stereocenters. The third kappa shape index (κ3) is 2.83. The van der Waals surface area contributed by atoms with Crippen LogP contribution in [-0.2, 0) is 6.54 Å². The van der Waals surface area contributed by atoms with Crippen LogP contribution in [0.2, 0.25) is 0 Å². The van der Waals surface area contributed by atoms with Crippen molar-refractivity contribution >= 4 is 21.8 Å². The van der Waals surface area contributed by atoms with E-state index in [2.05, 4.69) is 35.3 Å². The zero-order valence-corrected chi connectivity index (χ0v) is 14.9. The normalized spacial score (nSPS) is 11.4. The van der Waals surface area contributed by atoms with Crippen LogP contribution in [-0.4, -0.2) is 9.55 Å². The Morgan fingerprint density at radius 1 is 0.750 bits per heavy atom. The van der Waals surface area contributed by atoms with Crippen molar-refractivity contribution in [2.75, 3.05) is 0 Å². The van der Waals surface area contributed by atoms with E-state index in [0.717, 1.165) is 39.5 Å². The third-order valence-electron chi connectivity index (χ3n) is 4.98.